The van der Waals surface area contributed by atoms with E-state index < -0.39 is 0 Å². The molecule has 1 atom stereocenters. The van der Waals surface area contributed by atoms with Crippen LogP contribution in [0.4, 0.5) is 0 Å². The first-order valence-corrected chi connectivity index (χ1v) is 8.42. The summed E-state index contributed by atoms with van der Waals surface area (Å²) in [4.78, 5) is 12.0. The number of Topliss-reactive ketones (excluding diaryl/α,β-unsaturated/α-hetero) is 1. The van der Waals surface area contributed by atoms with E-state index in [1.54, 1.807) is 6.92 Å². The highest BCUT2D eigenvalue weighted by Crippen LogP contribution is 2.24. The number of halogens is 1. The Morgan fingerprint density at radius 3 is 2.42 bits per heavy atom. The fourth-order valence-corrected chi connectivity index (χ4v) is 3.01. The SMILES string of the molecule is CC(=O)C(C/C=C/c1ccc2ccccc2c1)c1ccc(Cl)cc1. The molecule has 0 aromatic heterocycles. The molecule has 24 heavy (non-hydrogen) atoms. The number of hydrogen-bond donors (Lipinski definition) is 0. The third-order valence-corrected chi connectivity index (χ3v) is 4.47. The highest BCUT2D eigenvalue weighted by molar-refractivity contribution is 6.30. The van der Waals surface area contributed by atoms with E-state index in [2.05, 4.69) is 42.5 Å². The standard InChI is InChI=1S/C22H19ClO/c1-16(24)22(19-11-13-21(23)14-12-19)8-4-5-17-9-10-18-6-2-3-7-20(18)15-17/h2-7,9-15,22H,8H2,1H3/b5-4+. The fraction of sp³-hybridized carbons (Fsp3) is 0.136. The Morgan fingerprint density at radius 2 is 1.71 bits per heavy atom. The van der Waals surface area contributed by atoms with Gasteiger partial charge in [0.05, 0.1) is 0 Å². The van der Waals surface area contributed by atoms with E-state index in [0.717, 1.165) is 11.1 Å². The van der Waals surface area contributed by atoms with Crippen molar-refractivity contribution in [1.82, 2.24) is 0 Å². The van der Waals surface area contributed by atoms with E-state index in [1.165, 1.54) is 10.8 Å². The highest BCUT2D eigenvalue weighted by Gasteiger charge is 2.14. The van der Waals surface area contributed by atoms with Crippen molar-refractivity contribution < 1.29 is 4.79 Å². The van der Waals surface area contributed by atoms with Gasteiger partial charge in [-0.25, -0.2) is 0 Å². The monoisotopic (exact) mass is 334 g/mol. The summed E-state index contributed by atoms with van der Waals surface area (Å²) in [6.07, 6.45) is 4.84. The maximum absolute atomic E-state index is 12.0. The Balaban J connectivity index is 1.76. The maximum Gasteiger partial charge on any atom is 0.137 e. The van der Waals surface area contributed by atoms with Crippen molar-refractivity contribution in [3.63, 3.8) is 0 Å². The van der Waals surface area contributed by atoms with Crippen molar-refractivity contribution in [3.8, 4) is 0 Å². The molecule has 0 saturated carbocycles. The summed E-state index contributed by atoms with van der Waals surface area (Å²) in [6.45, 7) is 1.64. The highest BCUT2D eigenvalue weighted by atomic mass is 35.5. The molecule has 0 heterocycles. The van der Waals surface area contributed by atoms with Crippen LogP contribution in [0, 0.1) is 0 Å². The smallest absolute Gasteiger partial charge is 0.137 e. The molecule has 0 radical (unpaired) electrons. The lowest BCUT2D eigenvalue weighted by molar-refractivity contribution is -0.118. The Morgan fingerprint density at radius 1 is 1.00 bits per heavy atom. The van der Waals surface area contributed by atoms with Gasteiger partial charge in [0.25, 0.3) is 0 Å². The van der Waals surface area contributed by atoms with Gasteiger partial charge in [-0.2, -0.15) is 0 Å². The lowest BCUT2D eigenvalue weighted by atomic mass is 9.92. The summed E-state index contributed by atoms with van der Waals surface area (Å²) in [5.74, 6) is 0.0412. The topological polar surface area (TPSA) is 17.1 Å². The van der Waals surface area contributed by atoms with Crippen LogP contribution in [0.5, 0.6) is 0 Å². The van der Waals surface area contributed by atoms with Crippen LogP contribution in [0.3, 0.4) is 0 Å². The number of ketones is 1. The molecule has 0 spiro atoms. The van der Waals surface area contributed by atoms with Crippen LogP contribution >= 0.6 is 11.6 Å². The van der Waals surface area contributed by atoms with Crippen LogP contribution in [-0.2, 0) is 4.79 Å². The van der Waals surface area contributed by atoms with Crippen molar-refractivity contribution in [1.29, 1.82) is 0 Å². The van der Waals surface area contributed by atoms with Gasteiger partial charge in [-0.1, -0.05) is 72.3 Å². The van der Waals surface area contributed by atoms with E-state index in [9.17, 15) is 4.79 Å². The average molecular weight is 335 g/mol. The van der Waals surface area contributed by atoms with Gasteiger partial charge >= 0.3 is 0 Å². The molecule has 0 N–H and O–H groups in total. The second-order valence-corrected chi connectivity index (χ2v) is 6.40. The van der Waals surface area contributed by atoms with Gasteiger partial charge in [0, 0.05) is 10.9 Å². The van der Waals surface area contributed by atoms with E-state index in [0.29, 0.717) is 11.4 Å². The fourth-order valence-electron chi connectivity index (χ4n) is 2.88. The molecule has 3 aromatic carbocycles. The lowest BCUT2D eigenvalue weighted by Gasteiger charge is -2.12. The minimum absolute atomic E-state index is 0.126. The quantitative estimate of drug-likeness (QED) is 0.537. The van der Waals surface area contributed by atoms with Gasteiger partial charge in [-0.15, -0.1) is 0 Å². The lowest BCUT2D eigenvalue weighted by Crippen LogP contribution is -2.07. The molecule has 0 bridgehead atoms. The number of allylic oxidation sites excluding steroid dienone is 1. The zero-order chi connectivity index (χ0) is 16.9. The Hall–Kier alpha value is -2.38. The first kappa shape index (κ1) is 16.5. The van der Waals surface area contributed by atoms with Gasteiger partial charge in [-0.05, 0) is 53.4 Å². The summed E-state index contributed by atoms with van der Waals surface area (Å²) in [5.41, 5.74) is 2.15. The van der Waals surface area contributed by atoms with Gasteiger partial charge in [0.2, 0.25) is 0 Å². The largest absolute Gasteiger partial charge is 0.299 e. The number of hydrogen-bond acceptors (Lipinski definition) is 1. The molecule has 1 unspecified atom stereocenters. The minimum Gasteiger partial charge on any atom is -0.299 e. The van der Waals surface area contributed by atoms with E-state index in [4.69, 9.17) is 11.6 Å². The van der Waals surface area contributed by atoms with E-state index >= 15 is 0 Å². The Bertz CT molecular complexity index is 878. The predicted molar refractivity (Wildman–Crippen MR) is 102 cm³/mol. The summed E-state index contributed by atoms with van der Waals surface area (Å²) < 4.78 is 0. The van der Waals surface area contributed by atoms with Crippen molar-refractivity contribution in [2.75, 3.05) is 0 Å². The summed E-state index contributed by atoms with van der Waals surface area (Å²) >= 11 is 5.93. The summed E-state index contributed by atoms with van der Waals surface area (Å²) in [7, 11) is 0. The minimum atomic E-state index is -0.126. The molecule has 3 rings (SSSR count). The van der Waals surface area contributed by atoms with Crippen molar-refractivity contribution in [2.24, 2.45) is 0 Å². The number of benzene rings is 3. The average Bonchev–Trinajstić information content (AvgIpc) is 2.59. The molecule has 3 aromatic rings. The molecular formula is C22H19ClO. The van der Waals surface area contributed by atoms with E-state index in [-0.39, 0.29) is 11.7 Å². The van der Waals surface area contributed by atoms with Gasteiger partial charge < -0.3 is 0 Å². The third-order valence-electron chi connectivity index (χ3n) is 4.22. The molecule has 0 aliphatic rings. The summed E-state index contributed by atoms with van der Waals surface area (Å²) in [5, 5.41) is 3.14. The number of fused-ring (bicyclic) bond motifs is 1. The normalized spacial score (nSPS) is 12.6. The van der Waals surface area contributed by atoms with Crippen LogP contribution in [0.15, 0.2) is 72.8 Å². The molecular weight excluding hydrogens is 316 g/mol. The van der Waals surface area contributed by atoms with Crippen molar-refractivity contribution in [2.45, 2.75) is 19.3 Å². The number of carbonyl (C=O) groups is 1. The molecule has 1 nitrogen and oxygen atoms in total. The first-order valence-electron chi connectivity index (χ1n) is 8.05. The molecule has 0 saturated heterocycles. The molecule has 0 aliphatic heterocycles. The second-order valence-electron chi connectivity index (χ2n) is 5.96. The van der Waals surface area contributed by atoms with Crippen molar-refractivity contribution in [3.05, 3.63) is 89.0 Å². The zero-order valence-electron chi connectivity index (χ0n) is 13.6. The second kappa shape index (κ2) is 7.46. The van der Waals surface area contributed by atoms with Crippen LogP contribution in [0.2, 0.25) is 5.02 Å². The van der Waals surface area contributed by atoms with Crippen molar-refractivity contribution >= 4 is 34.2 Å². The summed E-state index contributed by atoms with van der Waals surface area (Å²) in [6, 6.07) is 22.2. The number of rotatable bonds is 5. The van der Waals surface area contributed by atoms with Gasteiger partial charge in [0.1, 0.15) is 5.78 Å². The molecule has 0 fully saturated rings. The van der Waals surface area contributed by atoms with Gasteiger partial charge in [-0.3, -0.25) is 4.79 Å². The molecule has 0 amide bonds. The molecule has 2 heteroatoms. The van der Waals surface area contributed by atoms with E-state index in [1.807, 2.05) is 36.4 Å². The predicted octanol–water partition coefficient (Wildman–Crippen LogP) is 6.27. The van der Waals surface area contributed by atoms with Crippen LogP contribution in [0.1, 0.15) is 30.4 Å². The molecule has 120 valence electrons. The maximum atomic E-state index is 12.0. The third kappa shape index (κ3) is 3.93. The zero-order valence-corrected chi connectivity index (χ0v) is 14.3. The first-order chi connectivity index (χ1) is 11.6. The van der Waals surface area contributed by atoms with Crippen LogP contribution < -0.4 is 0 Å². The Labute approximate surface area is 147 Å². The van der Waals surface area contributed by atoms with Gasteiger partial charge in [0.15, 0.2) is 0 Å². The van der Waals surface area contributed by atoms with Crippen LogP contribution in [0.25, 0.3) is 16.8 Å². The number of carbonyl (C=O) groups excluding carboxylic acids is 1. The van der Waals surface area contributed by atoms with Crippen LogP contribution in [-0.4, -0.2) is 5.78 Å². The Kier molecular flexibility index (Phi) is 5.12. The molecule has 0 aliphatic carbocycles.